The average Bonchev–Trinajstić information content (AvgIpc) is 3.01. The molecule has 6 rings (SSSR count). The van der Waals surface area contributed by atoms with Crippen molar-refractivity contribution in [3.05, 3.63) is 120 Å². The molecule has 0 bridgehead atoms. The zero-order valence-electron chi connectivity index (χ0n) is 18.0. The van der Waals surface area contributed by atoms with Gasteiger partial charge in [0.05, 0.1) is 0 Å². The van der Waals surface area contributed by atoms with E-state index >= 15 is 0 Å². The Bertz CT molecular complexity index is 1330. The first-order valence-corrected chi connectivity index (χ1v) is 11.3. The third kappa shape index (κ3) is 3.29. The van der Waals surface area contributed by atoms with Crippen LogP contribution in [0, 0.1) is 0 Å². The molecule has 1 aliphatic rings. The number of fused-ring (bicyclic) bond motifs is 7. The lowest BCUT2D eigenvalue weighted by atomic mass is 9.88. The number of hydrogen-bond donors (Lipinski definition) is 1. The third-order valence-corrected chi connectivity index (χ3v) is 6.75. The first kappa shape index (κ1) is 19.2. The van der Waals surface area contributed by atoms with Gasteiger partial charge in [0, 0.05) is 25.7 Å². The van der Waals surface area contributed by atoms with Crippen molar-refractivity contribution in [2.24, 2.45) is 5.73 Å². The van der Waals surface area contributed by atoms with Gasteiger partial charge in [-0.1, -0.05) is 103 Å². The summed E-state index contributed by atoms with van der Waals surface area (Å²) in [4.78, 5) is 2.51. The van der Waals surface area contributed by atoms with E-state index in [1.807, 2.05) is 6.07 Å². The molecule has 2 nitrogen and oxygen atoms in total. The molecule has 0 radical (unpaired) electrons. The SMILES string of the molecule is N[C@H](CN1Cc2ccc3ccccc3c2-c2c(ccc3ccccc23)C1)c1ccccc1. The normalized spacial score (nSPS) is 14.7. The van der Waals surface area contributed by atoms with Gasteiger partial charge in [-0.05, 0) is 49.4 Å². The number of hydrogen-bond acceptors (Lipinski definition) is 2. The summed E-state index contributed by atoms with van der Waals surface area (Å²) >= 11 is 0. The van der Waals surface area contributed by atoms with Gasteiger partial charge in [-0.15, -0.1) is 0 Å². The summed E-state index contributed by atoms with van der Waals surface area (Å²) in [6.07, 6.45) is 0. The van der Waals surface area contributed by atoms with Crippen LogP contribution in [-0.2, 0) is 13.1 Å². The predicted molar refractivity (Wildman–Crippen MR) is 134 cm³/mol. The third-order valence-electron chi connectivity index (χ3n) is 6.75. The first-order valence-electron chi connectivity index (χ1n) is 11.3. The molecule has 1 atom stereocenters. The molecule has 2 N–H and O–H groups in total. The van der Waals surface area contributed by atoms with Crippen LogP contribution in [0.2, 0.25) is 0 Å². The molecule has 0 fully saturated rings. The minimum atomic E-state index is -0.0119. The van der Waals surface area contributed by atoms with Gasteiger partial charge in [-0.2, -0.15) is 0 Å². The zero-order valence-corrected chi connectivity index (χ0v) is 18.0. The molecule has 1 aliphatic heterocycles. The lowest BCUT2D eigenvalue weighted by Gasteiger charge is -2.25. The van der Waals surface area contributed by atoms with Crippen molar-refractivity contribution in [3.63, 3.8) is 0 Å². The van der Waals surface area contributed by atoms with Crippen molar-refractivity contribution >= 4 is 21.5 Å². The predicted octanol–water partition coefficient (Wildman–Crippen LogP) is 6.68. The smallest absolute Gasteiger partial charge is 0.0424 e. The van der Waals surface area contributed by atoms with Crippen LogP contribution in [0.1, 0.15) is 22.7 Å². The van der Waals surface area contributed by atoms with E-state index in [2.05, 4.69) is 102 Å². The summed E-state index contributed by atoms with van der Waals surface area (Å²) in [6.45, 7) is 2.61. The lowest BCUT2D eigenvalue weighted by molar-refractivity contribution is 0.243. The number of nitrogens with two attached hydrogens (primary N) is 1. The van der Waals surface area contributed by atoms with Crippen LogP contribution in [0.5, 0.6) is 0 Å². The Hall–Kier alpha value is -3.46. The van der Waals surface area contributed by atoms with Gasteiger partial charge in [-0.25, -0.2) is 0 Å². The van der Waals surface area contributed by atoms with Crippen LogP contribution >= 0.6 is 0 Å². The van der Waals surface area contributed by atoms with Crippen LogP contribution in [0.3, 0.4) is 0 Å². The van der Waals surface area contributed by atoms with Gasteiger partial charge in [-0.3, -0.25) is 4.90 Å². The second-order valence-electron chi connectivity index (χ2n) is 8.83. The highest BCUT2D eigenvalue weighted by molar-refractivity contribution is 6.08. The van der Waals surface area contributed by atoms with E-state index in [1.54, 1.807) is 0 Å². The van der Waals surface area contributed by atoms with Crippen LogP contribution in [0.4, 0.5) is 0 Å². The van der Waals surface area contributed by atoms with E-state index < -0.39 is 0 Å². The van der Waals surface area contributed by atoms with Crippen molar-refractivity contribution in [1.29, 1.82) is 0 Å². The molecule has 0 aliphatic carbocycles. The summed E-state index contributed by atoms with van der Waals surface area (Å²) < 4.78 is 0. The molecular formula is C30H26N2. The summed E-state index contributed by atoms with van der Waals surface area (Å²) in [5, 5.41) is 5.24. The minimum Gasteiger partial charge on any atom is -0.323 e. The maximum absolute atomic E-state index is 6.66. The molecule has 0 aromatic heterocycles. The van der Waals surface area contributed by atoms with Gasteiger partial charge in [0.15, 0.2) is 0 Å². The summed E-state index contributed by atoms with van der Waals surface area (Å²) in [5.41, 5.74) is 13.4. The van der Waals surface area contributed by atoms with Crippen LogP contribution in [0.25, 0.3) is 32.7 Å². The van der Waals surface area contributed by atoms with Crippen LogP contribution < -0.4 is 5.73 Å². The van der Waals surface area contributed by atoms with Crippen molar-refractivity contribution < 1.29 is 0 Å². The molecule has 2 heteroatoms. The second kappa shape index (κ2) is 7.90. The fourth-order valence-corrected chi connectivity index (χ4v) is 5.24. The monoisotopic (exact) mass is 414 g/mol. The first-order chi connectivity index (χ1) is 15.8. The summed E-state index contributed by atoms with van der Waals surface area (Å²) in [6, 6.07) is 37.1. The number of nitrogens with zero attached hydrogens (tertiary/aromatic N) is 1. The van der Waals surface area contributed by atoms with E-state index in [1.165, 1.54) is 49.4 Å². The van der Waals surface area contributed by atoms with E-state index in [-0.39, 0.29) is 6.04 Å². The van der Waals surface area contributed by atoms with E-state index in [0.29, 0.717) is 0 Å². The highest BCUT2D eigenvalue weighted by atomic mass is 15.1. The Morgan fingerprint density at radius 2 is 1.09 bits per heavy atom. The molecule has 0 saturated carbocycles. The van der Waals surface area contributed by atoms with Gasteiger partial charge >= 0.3 is 0 Å². The van der Waals surface area contributed by atoms with Crippen molar-refractivity contribution in [1.82, 2.24) is 4.90 Å². The fraction of sp³-hybridized carbons (Fsp3) is 0.133. The zero-order chi connectivity index (χ0) is 21.5. The highest BCUT2D eigenvalue weighted by Crippen LogP contribution is 2.42. The van der Waals surface area contributed by atoms with E-state index in [0.717, 1.165) is 19.6 Å². The molecule has 156 valence electrons. The van der Waals surface area contributed by atoms with Gasteiger partial charge in [0.25, 0.3) is 0 Å². The van der Waals surface area contributed by atoms with E-state index in [4.69, 9.17) is 5.73 Å². The standard InChI is InChI=1S/C30H26N2/c31-28(23-10-2-1-3-11-23)20-32-18-24-16-14-21-8-4-6-12-26(21)29(24)30-25(19-32)17-15-22-9-5-7-13-27(22)30/h1-17,28H,18-20,31H2/t28-/m1/s1. The maximum atomic E-state index is 6.66. The Balaban J connectivity index is 1.54. The molecule has 0 spiro atoms. The largest absolute Gasteiger partial charge is 0.323 e. The Morgan fingerprint density at radius 3 is 1.66 bits per heavy atom. The van der Waals surface area contributed by atoms with Gasteiger partial charge in [0.2, 0.25) is 0 Å². The number of rotatable bonds is 3. The minimum absolute atomic E-state index is 0.0119. The molecule has 5 aromatic rings. The molecule has 32 heavy (non-hydrogen) atoms. The Morgan fingerprint density at radius 1 is 0.594 bits per heavy atom. The van der Waals surface area contributed by atoms with Crippen LogP contribution in [0.15, 0.2) is 103 Å². The molecule has 0 amide bonds. The fourth-order valence-electron chi connectivity index (χ4n) is 5.24. The summed E-state index contributed by atoms with van der Waals surface area (Å²) in [5.74, 6) is 0. The van der Waals surface area contributed by atoms with Crippen LogP contribution in [-0.4, -0.2) is 11.4 Å². The van der Waals surface area contributed by atoms with Crippen molar-refractivity contribution in [3.8, 4) is 11.1 Å². The van der Waals surface area contributed by atoms with Gasteiger partial charge in [0.1, 0.15) is 0 Å². The molecule has 0 saturated heterocycles. The highest BCUT2D eigenvalue weighted by Gasteiger charge is 2.24. The number of benzene rings is 5. The topological polar surface area (TPSA) is 29.3 Å². The van der Waals surface area contributed by atoms with Crippen molar-refractivity contribution in [2.75, 3.05) is 6.54 Å². The molecule has 5 aromatic carbocycles. The Kier molecular flexibility index (Phi) is 4.75. The average molecular weight is 415 g/mol. The Labute approximate surface area is 188 Å². The lowest BCUT2D eigenvalue weighted by Crippen LogP contribution is -2.31. The van der Waals surface area contributed by atoms with Gasteiger partial charge < -0.3 is 5.73 Å². The quantitative estimate of drug-likeness (QED) is 0.357. The van der Waals surface area contributed by atoms with Crippen molar-refractivity contribution in [2.45, 2.75) is 19.1 Å². The molecule has 0 unspecified atom stereocenters. The van der Waals surface area contributed by atoms with E-state index in [9.17, 15) is 0 Å². The summed E-state index contributed by atoms with van der Waals surface area (Å²) in [7, 11) is 0. The second-order valence-corrected chi connectivity index (χ2v) is 8.83. The molecule has 1 heterocycles. The molecular weight excluding hydrogens is 388 g/mol. The maximum Gasteiger partial charge on any atom is 0.0424 e.